The maximum absolute atomic E-state index is 14.3. The van der Waals surface area contributed by atoms with Gasteiger partial charge in [0.25, 0.3) is 0 Å². The highest BCUT2D eigenvalue weighted by Gasteiger charge is 2.39. The van der Waals surface area contributed by atoms with E-state index in [2.05, 4.69) is 21.4 Å². The Hall–Kier alpha value is -4.15. The second kappa shape index (κ2) is 11.4. The standard InChI is InChI=1S/C32H32Cl2N6O4/c1-6-22(42)38-14-18(5)39-19(15-38)11-13-44-29-24-30(36-27(25(29)34)23-20(33)8-7-9-21(23)41)40(32(43)37-31(24)39)28-17(4)10-12-35-26(28)16(2)3/h6-10,12,16,18-19,41H,1,11,13-15H2,2-5H3. The molecule has 2 atom stereocenters. The predicted molar refractivity (Wildman–Crippen MR) is 171 cm³/mol. The lowest BCUT2D eigenvalue weighted by Crippen LogP contribution is -2.60. The van der Waals surface area contributed by atoms with Gasteiger partial charge < -0.3 is 19.6 Å². The van der Waals surface area contributed by atoms with Crippen molar-refractivity contribution in [1.29, 1.82) is 0 Å². The fourth-order valence-corrected chi connectivity index (χ4v) is 6.85. The molecule has 228 valence electrons. The van der Waals surface area contributed by atoms with Gasteiger partial charge in [-0.3, -0.25) is 9.78 Å². The summed E-state index contributed by atoms with van der Waals surface area (Å²) >= 11 is 13.7. The Morgan fingerprint density at radius 1 is 1.20 bits per heavy atom. The van der Waals surface area contributed by atoms with Crippen molar-refractivity contribution in [2.75, 3.05) is 24.6 Å². The Kier molecular flexibility index (Phi) is 7.75. The van der Waals surface area contributed by atoms with Gasteiger partial charge in [-0.15, -0.1) is 0 Å². The third-order valence-electron chi connectivity index (χ3n) is 8.27. The van der Waals surface area contributed by atoms with Crippen LogP contribution in [0.5, 0.6) is 11.5 Å². The van der Waals surface area contributed by atoms with E-state index in [9.17, 15) is 14.7 Å². The number of phenolic OH excluding ortho intramolecular Hbond substituents is 1. The van der Waals surface area contributed by atoms with Gasteiger partial charge in [-0.25, -0.2) is 14.3 Å². The van der Waals surface area contributed by atoms with Gasteiger partial charge in [0.2, 0.25) is 5.91 Å². The molecule has 4 aromatic rings. The maximum atomic E-state index is 14.3. The summed E-state index contributed by atoms with van der Waals surface area (Å²) in [4.78, 5) is 45.0. The van der Waals surface area contributed by atoms with Crippen LogP contribution in [0.3, 0.4) is 0 Å². The van der Waals surface area contributed by atoms with Crippen LogP contribution in [0.15, 0.2) is 47.9 Å². The van der Waals surface area contributed by atoms with E-state index in [-0.39, 0.29) is 69.0 Å². The number of aromatic nitrogens is 4. The zero-order valence-electron chi connectivity index (χ0n) is 24.8. The molecule has 1 aromatic carbocycles. The van der Waals surface area contributed by atoms with Crippen molar-refractivity contribution in [2.24, 2.45) is 0 Å². The minimum atomic E-state index is -0.559. The molecule has 5 heterocycles. The minimum absolute atomic E-state index is 0.0274. The highest BCUT2D eigenvalue weighted by atomic mass is 35.5. The summed E-state index contributed by atoms with van der Waals surface area (Å²) in [5.74, 6) is 0.349. The summed E-state index contributed by atoms with van der Waals surface area (Å²) in [6, 6.07) is 6.18. The van der Waals surface area contributed by atoms with Crippen LogP contribution in [0.25, 0.3) is 28.0 Å². The molecule has 2 unspecified atom stereocenters. The number of amides is 1. The lowest BCUT2D eigenvalue weighted by molar-refractivity contribution is -0.127. The number of carbonyl (C=O) groups excluding carboxylic acids is 1. The van der Waals surface area contributed by atoms with Crippen molar-refractivity contribution in [3.8, 4) is 28.4 Å². The number of rotatable bonds is 4. The number of aryl methyl sites for hydroxylation is 1. The van der Waals surface area contributed by atoms with E-state index in [0.29, 0.717) is 42.1 Å². The monoisotopic (exact) mass is 634 g/mol. The molecule has 0 saturated carbocycles. The molecule has 1 amide bonds. The van der Waals surface area contributed by atoms with Crippen LogP contribution in [-0.4, -0.2) is 67.2 Å². The fourth-order valence-electron chi connectivity index (χ4n) is 6.30. The van der Waals surface area contributed by atoms with Gasteiger partial charge in [-0.2, -0.15) is 4.98 Å². The maximum Gasteiger partial charge on any atom is 0.355 e. The lowest BCUT2D eigenvalue weighted by Gasteiger charge is -2.47. The number of nitrogens with zero attached hydrogens (tertiary/aromatic N) is 6. The van der Waals surface area contributed by atoms with Gasteiger partial charge in [-0.1, -0.05) is 49.7 Å². The van der Waals surface area contributed by atoms with Crippen molar-refractivity contribution < 1.29 is 14.6 Å². The highest BCUT2D eigenvalue weighted by Crippen LogP contribution is 2.48. The molecule has 0 radical (unpaired) electrons. The van der Waals surface area contributed by atoms with E-state index in [0.717, 1.165) is 5.56 Å². The number of anilines is 1. The molecule has 0 aliphatic carbocycles. The van der Waals surface area contributed by atoms with Crippen molar-refractivity contribution >= 4 is 46.0 Å². The number of carbonyl (C=O) groups is 1. The number of fused-ring (bicyclic) bond motifs is 2. The van der Waals surface area contributed by atoms with Gasteiger partial charge in [0.05, 0.1) is 34.6 Å². The SMILES string of the molecule is C=CC(=O)N1CC(C)N2c3nc(=O)n(-c4c(C)ccnc4C(C)C)c4nc(-c5c(O)cccc5Cl)c(Cl)c(c34)OCCC2C1. The molecule has 10 nitrogen and oxygen atoms in total. The molecule has 44 heavy (non-hydrogen) atoms. The van der Waals surface area contributed by atoms with E-state index in [1.54, 1.807) is 23.2 Å². The highest BCUT2D eigenvalue weighted by molar-refractivity contribution is 6.38. The van der Waals surface area contributed by atoms with Crippen LogP contribution < -0.4 is 15.3 Å². The Balaban J connectivity index is 1.74. The lowest BCUT2D eigenvalue weighted by atomic mass is 10.0. The molecule has 1 N–H and O–H groups in total. The van der Waals surface area contributed by atoms with Crippen LogP contribution in [-0.2, 0) is 4.79 Å². The molecular weight excluding hydrogens is 603 g/mol. The molecule has 2 aliphatic heterocycles. The first-order valence-corrected chi connectivity index (χ1v) is 15.2. The Labute approximate surface area is 264 Å². The first-order valence-electron chi connectivity index (χ1n) is 14.5. The van der Waals surface area contributed by atoms with Crippen molar-refractivity contribution in [3.05, 3.63) is 74.9 Å². The van der Waals surface area contributed by atoms with Crippen molar-refractivity contribution in [1.82, 2.24) is 24.4 Å². The number of ether oxygens (including phenoxy) is 1. The quantitative estimate of drug-likeness (QED) is 0.286. The molecule has 3 aromatic heterocycles. The summed E-state index contributed by atoms with van der Waals surface area (Å²) in [5, 5.41) is 11.7. The number of aromatic hydroxyl groups is 1. The van der Waals surface area contributed by atoms with Crippen LogP contribution in [0.1, 0.15) is 44.4 Å². The summed E-state index contributed by atoms with van der Waals surface area (Å²) in [5.41, 5.74) is 2.13. The van der Waals surface area contributed by atoms with Gasteiger partial charge in [-0.05, 0) is 49.6 Å². The average molecular weight is 636 g/mol. The third-order valence-corrected chi connectivity index (χ3v) is 8.94. The molecule has 0 spiro atoms. The predicted octanol–water partition coefficient (Wildman–Crippen LogP) is 5.66. The number of benzene rings is 1. The number of phenols is 1. The molecule has 2 aliphatic rings. The molecule has 1 fully saturated rings. The van der Waals surface area contributed by atoms with Crippen LogP contribution in [0.4, 0.5) is 5.82 Å². The molecule has 0 bridgehead atoms. The van der Waals surface area contributed by atoms with E-state index >= 15 is 0 Å². The Bertz CT molecular complexity index is 1870. The summed E-state index contributed by atoms with van der Waals surface area (Å²) in [6.07, 6.45) is 3.55. The second-order valence-electron chi connectivity index (χ2n) is 11.5. The molecule has 1 saturated heterocycles. The summed E-state index contributed by atoms with van der Waals surface area (Å²) in [6.45, 7) is 12.6. The van der Waals surface area contributed by atoms with Gasteiger partial charge in [0, 0.05) is 31.7 Å². The number of hydrogen-bond acceptors (Lipinski definition) is 8. The fraction of sp³-hybridized carbons (Fsp3) is 0.344. The zero-order chi connectivity index (χ0) is 31.4. The summed E-state index contributed by atoms with van der Waals surface area (Å²) < 4.78 is 7.85. The smallest absolute Gasteiger partial charge is 0.355 e. The summed E-state index contributed by atoms with van der Waals surface area (Å²) in [7, 11) is 0. The number of pyridine rings is 2. The zero-order valence-corrected chi connectivity index (χ0v) is 26.4. The van der Waals surface area contributed by atoms with E-state index < -0.39 is 5.69 Å². The molecular formula is C32H32Cl2N6O4. The largest absolute Gasteiger partial charge is 0.507 e. The van der Waals surface area contributed by atoms with Crippen molar-refractivity contribution in [3.63, 3.8) is 0 Å². The van der Waals surface area contributed by atoms with E-state index in [1.807, 2.05) is 33.8 Å². The minimum Gasteiger partial charge on any atom is -0.507 e. The van der Waals surface area contributed by atoms with Crippen molar-refractivity contribution in [2.45, 2.75) is 52.1 Å². The Morgan fingerprint density at radius 2 is 1.98 bits per heavy atom. The molecule has 12 heteroatoms. The number of hydrogen-bond donors (Lipinski definition) is 1. The first kappa shape index (κ1) is 29.9. The number of halogens is 2. The van der Waals surface area contributed by atoms with Gasteiger partial charge in [0.1, 0.15) is 27.7 Å². The topological polar surface area (TPSA) is 114 Å². The van der Waals surface area contributed by atoms with Crippen LogP contribution in [0.2, 0.25) is 10.0 Å². The van der Waals surface area contributed by atoms with Crippen LogP contribution in [0, 0.1) is 6.92 Å². The number of piperazine rings is 1. The average Bonchev–Trinajstić information content (AvgIpc) is 2.97. The Morgan fingerprint density at radius 3 is 2.68 bits per heavy atom. The van der Waals surface area contributed by atoms with E-state index in [1.165, 1.54) is 16.7 Å². The van der Waals surface area contributed by atoms with Crippen LogP contribution >= 0.6 is 23.2 Å². The third kappa shape index (κ3) is 4.77. The van der Waals surface area contributed by atoms with E-state index in [4.69, 9.17) is 32.9 Å². The first-order chi connectivity index (χ1) is 21.0. The van der Waals surface area contributed by atoms with Gasteiger partial charge >= 0.3 is 5.69 Å². The second-order valence-corrected chi connectivity index (χ2v) is 12.3. The molecule has 6 rings (SSSR count). The van der Waals surface area contributed by atoms with Gasteiger partial charge in [0.15, 0.2) is 11.4 Å². The normalized spacial score (nSPS) is 18.1.